The summed E-state index contributed by atoms with van der Waals surface area (Å²) in [5, 5.41) is 0. The maximum absolute atomic E-state index is 12.4. The Morgan fingerprint density at radius 1 is 1.15 bits per heavy atom. The molecule has 5 nitrogen and oxygen atoms in total. The lowest BCUT2D eigenvalue weighted by Gasteiger charge is -2.17. The molecule has 0 radical (unpaired) electrons. The Hall–Kier alpha value is -1.00. The number of benzene rings is 1. The molecule has 0 heterocycles. The van der Waals surface area contributed by atoms with E-state index in [2.05, 4.69) is 0 Å². The smallest absolute Gasteiger partial charge is 0.338 e. The topological polar surface area (TPSA) is 61.8 Å². The van der Waals surface area contributed by atoms with E-state index in [1.54, 1.807) is 33.1 Å². The van der Waals surface area contributed by atoms with E-state index in [0.29, 0.717) is 12.2 Å². The summed E-state index contributed by atoms with van der Waals surface area (Å²) >= 11 is 0. The van der Waals surface area contributed by atoms with Crippen LogP contribution in [0.15, 0.2) is 24.3 Å². The van der Waals surface area contributed by atoms with Crippen molar-refractivity contribution in [2.45, 2.75) is 20.5 Å². The van der Waals surface area contributed by atoms with Crippen molar-refractivity contribution in [1.82, 2.24) is 0 Å². The molecule has 20 heavy (non-hydrogen) atoms. The maximum atomic E-state index is 12.4. The van der Waals surface area contributed by atoms with Gasteiger partial charge in [-0.25, -0.2) is 0 Å². The Morgan fingerprint density at radius 3 is 2.30 bits per heavy atom. The molecule has 0 unspecified atom stereocenters. The predicted molar refractivity (Wildman–Crippen MR) is 77.2 cm³/mol. The van der Waals surface area contributed by atoms with Crippen molar-refractivity contribution >= 4 is 13.4 Å². The van der Waals surface area contributed by atoms with Crippen LogP contribution in [0, 0.1) is 0 Å². The van der Waals surface area contributed by atoms with Crippen LogP contribution in [-0.2, 0) is 25.0 Å². The number of rotatable bonds is 9. The van der Waals surface area contributed by atoms with E-state index in [-0.39, 0.29) is 25.2 Å². The van der Waals surface area contributed by atoms with E-state index in [4.69, 9.17) is 13.8 Å². The minimum absolute atomic E-state index is 0.240. The molecule has 1 aromatic carbocycles. The summed E-state index contributed by atoms with van der Waals surface area (Å²) in [6, 6.07) is 7.09. The summed E-state index contributed by atoms with van der Waals surface area (Å²) in [6.07, 6.45) is -0.255. The zero-order chi connectivity index (χ0) is 15.0. The van der Waals surface area contributed by atoms with Crippen LogP contribution in [0.2, 0.25) is 0 Å². The highest BCUT2D eigenvalue weighted by Gasteiger charge is 2.28. The molecule has 0 fully saturated rings. The Morgan fingerprint density at radius 2 is 1.75 bits per heavy atom. The second-order valence-electron chi connectivity index (χ2n) is 4.12. The summed E-state index contributed by atoms with van der Waals surface area (Å²) in [5.74, 6) is -0.261. The average molecular weight is 300 g/mol. The molecule has 0 atom stereocenters. The van der Waals surface area contributed by atoms with Crippen LogP contribution in [-0.4, -0.2) is 32.3 Å². The van der Waals surface area contributed by atoms with Gasteiger partial charge in [-0.1, -0.05) is 24.3 Å². The lowest BCUT2D eigenvalue weighted by atomic mass is 10.1. The van der Waals surface area contributed by atoms with E-state index in [1.807, 2.05) is 12.1 Å². The molecule has 1 aromatic rings. The molecular formula is C14H21O5P. The van der Waals surface area contributed by atoms with E-state index < -0.39 is 7.60 Å². The molecule has 0 aliphatic carbocycles. The quantitative estimate of drug-likeness (QED) is 0.517. The van der Waals surface area contributed by atoms with E-state index in [0.717, 1.165) is 5.56 Å². The summed E-state index contributed by atoms with van der Waals surface area (Å²) < 4.78 is 27.7. The first kappa shape index (κ1) is 17.1. The normalized spacial score (nSPS) is 11.6. The molecule has 0 aliphatic heterocycles. The highest BCUT2D eigenvalue weighted by molar-refractivity contribution is 7.54. The van der Waals surface area contributed by atoms with Gasteiger partial charge in [-0.15, -0.1) is 0 Å². The SMILES string of the molecule is CCOP(=O)(CC(=O)c1ccccc1COC)OCC. The fraction of sp³-hybridized carbons (Fsp3) is 0.500. The predicted octanol–water partition coefficient (Wildman–Crippen LogP) is 3.28. The first-order valence-corrected chi connectivity index (χ1v) is 8.27. The number of methoxy groups -OCH3 is 1. The van der Waals surface area contributed by atoms with Crippen molar-refractivity contribution in [2.24, 2.45) is 0 Å². The number of ketones is 1. The van der Waals surface area contributed by atoms with Gasteiger partial charge >= 0.3 is 7.60 Å². The van der Waals surface area contributed by atoms with E-state index in [9.17, 15) is 9.36 Å². The molecule has 0 spiro atoms. The Bertz CT molecular complexity index is 476. The average Bonchev–Trinajstić information content (AvgIpc) is 2.40. The van der Waals surface area contributed by atoms with Crippen molar-refractivity contribution in [1.29, 1.82) is 0 Å². The molecule has 0 amide bonds. The number of hydrogen-bond donors (Lipinski definition) is 0. The van der Waals surface area contributed by atoms with E-state index in [1.165, 1.54) is 0 Å². The van der Waals surface area contributed by atoms with Gasteiger partial charge in [0.15, 0.2) is 5.78 Å². The van der Waals surface area contributed by atoms with Gasteiger partial charge in [0.2, 0.25) is 0 Å². The summed E-state index contributed by atoms with van der Waals surface area (Å²) in [4.78, 5) is 12.3. The zero-order valence-electron chi connectivity index (χ0n) is 12.1. The molecule has 0 saturated carbocycles. The van der Waals surface area contributed by atoms with Crippen LogP contribution >= 0.6 is 7.60 Å². The van der Waals surface area contributed by atoms with Gasteiger partial charge in [0.25, 0.3) is 0 Å². The second kappa shape index (κ2) is 8.32. The summed E-state index contributed by atoms with van der Waals surface area (Å²) in [5.41, 5.74) is 1.26. The van der Waals surface area contributed by atoms with E-state index >= 15 is 0 Å². The number of carbonyl (C=O) groups is 1. The summed E-state index contributed by atoms with van der Waals surface area (Å²) in [6.45, 7) is 4.24. The fourth-order valence-corrected chi connectivity index (χ4v) is 3.42. The molecule has 0 aliphatic rings. The fourth-order valence-electron chi connectivity index (χ4n) is 1.86. The van der Waals surface area contributed by atoms with Crippen molar-refractivity contribution in [3.8, 4) is 0 Å². The highest BCUT2D eigenvalue weighted by atomic mass is 31.2. The number of hydrogen-bond acceptors (Lipinski definition) is 5. The number of ether oxygens (including phenoxy) is 1. The van der Waals surface area contributed by atoms with Gasteiger partial charge in [-0.2, -0.15) is 0 Å². The van der Waals surface area contributed by atoms with Gasteiger partial charge in [-0.05, 0) is 19.4 Å². The Kier molecular flexibility index (Phi) is 7.10. The molecule has 1 rings (SSSR count). The molecule has 0 aromatic heterocycles. The number of Topliss-reactive ketones (excluding diaryl/α,β-unsaturated/α-hetero) is 1. The largest absolute Gasteiger partial charge is 0.380 e. The van der Waals surface area contributed by atoms with Crippen LogP contribution in [0.5, 0.6) is 0 Å². The standard InChI is InChI=1S/C14H21O5P/c1-4-18-20(16,19-5-2)11-14(15)13-9-7-6-8-12(13)10-17-3/h6-9H,4-5,10-11H2,1-3H3. The Labute approximate surface area is 119 Å². The molecule has 0 N–H and O–H groups in total. The molecule has 0 bridgehead atoms. The third-order valence-corrected chi connectivity index (χ3v) is 4.58. The maximum Gasteiger partial charge on any atom is 0.338 e. The van der Waals surface area contributed by atoms with Gasteiger partial charge in [0, 0.05) is 12.7 Å². The minimum atomic E-state index is -3.37. The van der Waals surface area contributed by atoms with Crippen LogP contribution in [0.1, 0.15) is 29.8 Å². The van der Waals surface area contributed by atoms with Crippen LogP contribution < -0.4 is 0 Å². The molecule has 112 valence electrons. The van der Waals surface area contributed by atoms with Crippen LogP contribution in [0.3, 0.4) is 0 Å². The van der Waals surface area contributed by atoms with Gasteiger partial charge in [0.1, 0.15) is 6.16 Å². The highest BCUT2D eigenvalue weighted by Crippen LogP contribution is 2.48. The van der Waals surface area contributed by atoms with Crippen LogP contribution in [0.25, 0.3) is 0 Å². The second-order valence-corrected chi connectivity index (χ2v) is 6.17. The first-order valence-electron chi connectivity index (χ1n) is 6.54. The van der Waals surface area contributed by atoms with Crippen molar-refractivity contribution < 1.29 is 23.1 Å². The van der Waals surface area contributed by atoms with Gasteiger partial charge in [-0.3, -0.25) is 9.36 Å². The minimum Gasteiger partial charge on any atom is -0.380 e. The lowest BCUT2D eigenvalue weighted by molar-refractivity contribution is 0.1000. The number of carbonyl (C=O) groups excluding carboxylic acids is 1. The monoisotopic (exact) mass is 300 g/mol. The van der Waals surface area contributed by atoms with Crippen molar-refractivity contribution in [2.75, 3.05) is 26.5 Å². The van der Waals surface area contributed by atoms with Crippen molar-refractivity contribution in [3.63, 3.8) is 0 Å². The molecule has 0 saturated heterocycles. The third kappa shape index (κ3) is 4.84. The van der Waals surface area contributed by atoms with Crippen molar-refractivity contribution in [3.05, 3.63) is 35.4 Å². The Balaban J connectivity index is 2.92. The van der Waals surface area contributed by atoms with Crippen LogP contribution in [0.4, 0.5) is 0 Å². The lowest BCUT2D eigenvalue weighted by Crippen LogP contribution is -2.12. The third-order valence-electron chi connectivity index (χ3n) is 2.61. The zero-order valence-corrected chi connectivity index (χ0v) is 13.0. The van der Waals surface area contributed by atoms with Gasteiger partial charge < -0.3 is 13.8 Å². The molecule has 6 heteroatoms. The molecular weight excluding hydrogens is 279 g/mol. The first-order chi connectivity index (χ1) is 9.56. The summed E-state index contributed by atoms with van der Waals surface area (Å²) in [7, 11) is -1.81. The van der Waals surface area contributed by atoms with Gasteiger partial charge in [0.05, 0.1) is 19.8 Å².